The number of esters is 4. The fourth-order valence-corrected chi connectivity index (χ4v) is 14.5. The van der Waals surface area contributed by atoms with Crippen LogP contribution in [0.2, 0.25) is 0 Å². The number of carbonyl (C=O) groups excluding carboxylic acids is 4. The Morgan fingerprint density at radius 3 is 0.781 bits per heavy atom. The first-order valence-corrected chi connectivity index (χ1v) is 46.9. The van der Waals surface area contributed by atoms with E-state index in [2.05, 4.69) is 58.9 Å². The molecule has 0 aliphatic carbocycles. The fraction of sp³-hybridized carbons (Fsp3) is 0.907. The van der Waals surface area contributed by atoms with Crippen molar-refractivity contribution in [1.29, 1.82) is 0 Å². The molecule has 105 heavy (non-hydrogen) atoms. The Morgan fingerprint density at radius 2 is 0.514 bits per heavy atom. The summed E-state index contributed by atoms with van der Waals surface area (Å²) in [5, 5.41) is 10.7. The van der Waals surface area contributed by atoms with Gasteiger partial charge in [0.15, 0.2) is 12.2 Å². The number of hydrogen-bond acceptors (Lipinski definition) is 15. The van der Waals surface area contributed by atoms with Gasteiger partial charge in [0.05, 0.1) is 26.4 Å². The highest BCUT2D eigenvalue weighted by atomic mass is 31.2. The van der Waals surface area contributed by atoms with Gasteiger partial charge in [0, 0.05) is 25.7 Å². The SMILES string of the molecule is CCCCCC/C=C\C=C/CCCCCCCC(=O)O[C@H](COC(=O)CCCCCCCCCCCCCCC)COP(=O)(O)OC[C@H](O)COP(=O)(O)OC[C@@H](COC(=O)CCCCCCCCCCCCCCCC(C)C)OC(=O)CCCCCCCCCCCCCCCCCCCCCCC. The highest BCUT2D eigenvalue weighted by Gasteiger charge is 2.30. The zero-order valence-corrected chi connectivity index (χ0v) is 70.1. The monoisotopic (exact) mass is 1530 g/mol. The molecule has 0 aromatic rings. The minimum Gasteiger partial charge on any atom is -0.462 e. The van der Waals surface area contributed by atoms with Crippen LogP contribution in [0.15, 0.2) is 24.3 Å². The van der Waals surface area contributed by atoms with Gasteiger partial charge in [-0.2, -0.15) is 0 Å². The topological polar surface area (TPSA) is 237 Å². The van der Waals surface area contributed by atoms with Crippen LogP contribution in [0.25, 0.3) is 0 Å². The van der Waals surface area contributed by atoms with Gasteiger partial charge in [-0.25, -0.2) is 9.13 Å². The van der Waals surface area contributed by atoms with E-state index >= 15 is 0 Å². The third-order valence-electron chi connectivity index (χ3n) is 19.7. The average Bonchev–Trinajstić information content (AvgIpc) is 0.908. The standard InChI is InChI=1S/C86H164O17P2/c1-6-9-12-15-18-21-24-27-29-30-31-32-33-34-36-41-47-52-57-62-67-72-86(91)103-82(76-97-84(89)70-65-60-55-50-45-42-37-39-43-48-53-58-63-68-79(4)5)78-101-105(94,95)99-74-80(87)73-98-104(92,93)100-77-81(75-96-83(88)69-64-59-54-49-44-38-26-23-20-17-14-11-8-3)102-85(90)71-66-61-56-51-46-40-35-28-25-22-19-16-13-10-7-2/h22,25,28,35,79-82,87H,6-21,23-24,26-27,29-34,36-78H2,1-5H3,(H,92,93)(H,94,95)/b25-22-,35-28-/t80-,81+,82+/m0/s1. The molecule has 2 unspecified atom stereocenters. The number of unbranched alkanes of at least 4 members (excludes halogenated alkanes) is 53. The van der Waals surface area contributed by atoms with Gasteiger partial charge in [0.1, 0.15) is 19.3 Å². The first-order valence-electron chi connectivity index (χ1n) is 44.0. The van der Waals surface area contributed by atoms with Crippen molar-refractivity contribution in [3.63, 3.8) is 0 Å². The van der Waals surface area contributed by atoms with Gasteiger partial charge in [0.2, 0.25) is 0 Å². The van der Waals surface area contributed by atoms with E-state index in [1.54, 1.807) is 0 Å². The number of rotatable bonds is 84. The summed E-state index contributed by atoms with van der Waals surface area (Å²) in [6.45, 7) is 7.32. The van der Waals surface area contributed by atoms with Crippen LogP contribution in [0.5, 0.6) is 0 Å². The Hall–Kier alpha value is -2.46. The third-order valence-corrected chi connectivity index (χ3v) is 21.6. The predicted molar refractivity (Wildman–Crippen MR) is 432 cm³/mol. The van der Waals surface area contributed by atoms with Crippen LogP contribution in [0.1, 0.15) is 439 Å². The molecule has 0 saturated carbocycles. The van der Waals surface area contributed by atoms with Crippen molar-refractivity contribution in [2.45, 2.75) is 457 Å². The lowest BCUT2D eigenvalue weighted by molar-refractivity contribution is -0.161. The van der Waals surface area contributed by atoms with Crippen LogP contribution in [0.4, 0.5) is 0 Å². The first-order chi connectivity index (χ1) is 51.0. The van der Waals surface area contributed by atoms with Gasteiger partial charge in [-0.15, -0.1) is 0 Å². The normalized spacial score (nSPS) is 13.9. The van der Waals surface area contributed by atoms with Crippen molar-refractivity contribution in [2.75, 3.05) is 39.6 Å². The molecule has 0 aromatic carbocycles. The summed E-state index contributed by atoms with van der Waals surface area (Å²) in [6.07, 6.45) is 74.3. The Balaban J connectivity index is 5.28. The van der Waals surface area contributed by atoms with E-state index in [9.17, 15) is 43.2 Å². The number of ether oxygens (including phenoxy) is 4. The highest BCUT2D eigenvalue weighted by molar-refractivity contribution is 7.47. The van der Waals surface area contributed by atoms with Gasteiger partial charge < -0.3 is 33.8 Å². The minimum absolute atomic E-state index is 0.0859. The second-order valence-electron chi connectivity index (χ2n) is 30.7. The molecule has 0 heterocycles. The van der Waals surface area contributed by atoms with E-state index in [1.165, 1.54) is 250 Å². The summed E-state index contributed by atoms with van der Waals surface area (Å²) >= 11 is 0. The molecular weight excluding hydrogens is 1370 g/mol. The van der Waals surface area contributed by atoms with Crippen LogP contribution >= 0.6 is 15.6 Å². The van der Waals surface area contributed by atoms with E-state index < -0.39 is 97.5 Å². The van der Waals surface area contributed by atoms with Gasteiger partial charge >= 0.3 is 39.5 Å². The Kier molecular flexibility index (Phi) is 76.4. The van der Waals surface area contributed by atoms with Gasteiger partial charge in [-0.1, -0.05) is 386 Å². The third kappa shape index (κ3) is 79.4. The van der Waals surface area contributed by atoms with Crippen molar-refractivity contribution in [2.24, 2.45) is 5.92 Å². The molecule has 3 N–H and O–H groups in total. The second kappa shape index (κ2) is 78.2. The average molecular weight is 1530 g/mol. The van der Waals surface area contributed by atoms with Crippen molar-refractivity contribution in [3.8, 4) is 0 Å². The maximum atomic E-state index is 13.1. The largest absolute Gasteiger partial charge is 0.472 e. The smallest absolute Gasteiger partial charge is 0.462 e. The van der Waals surface area contributed by atoms with E-state index in [0.29, 0.717) is 25.7 Å². The van der Waals surface area contributed by atoms with Gasteiger partial charge in [-0.05, 0) is 57.3 Å². The van der Waals surface area contributed by atoms with Crippen LogP contribution < -0.4 is 0 Å². The molecule has 0 saturated heterocycles. The zero-order valence-electron chi connectivity index (χ0n) is 68.4. The molecule has 620 valence electrons. The molecule has 0 aromatic heterocycles. The summed E-state index contributed by atoms with van der Waals surface area (Å²) in [5.41, 5.74) is 0. The van der Waals surface area contributed by atoms with Crippen molar-refractivity contribution in [3.05, 3.63) is 24.3 Å². The van der Waals surface area contributed by atoms with Gasteiger partial charge in [-0.3, -0.25) is 37.3 Å². The molecule has 0 bridgehead atoms. The molecular formula is C86H164O17P2. The molecule has 17 nitrogen and oxygen atoms in total. The molecule has 5 atom stereocenters. The van der Waals surface area contributed by atoms with Crippen LogP contribution in [-0.4, -0.2) is 96.7 Å². The lowest BCUT2D eigenvalue weighted by atomic mass is 10.0. The van der Waals surface area contributed by atoms with Crippen molar-refractivity contribution >= 4 is 39.5 Å². The Bertz CT molecular complexity index is 2090. The van der Waals surface area contributed by atoms with Crippen LogP contribution in [0, 0.1) is 5.92 Å². The quantitative estimate of drug-likeness (QED) is 0.0169. The van der Waals surface area contributed by atoms with Crippen LogP contribution in [-0.2, 0) is 65.4 Å². The number of aliphatic hydroxyl groups excluding tert-OH is 1. The van der Waals surface area contributed by atoms with Gasteiger partial charge in [0.25, 0.3) is 0 Å². The number of carbonyl (C=O) groups is 4. The number of phosphoric acid groups is 2. The van der Waals surface area contributed by atoms with E-state index in [0.717, 1.165) is 109 Å². The lowest BCUT2D eigenvalue weighted by Gasteiger charge is -2.21. The summed E-state index contributed by atoms with van der Waals surface area (Å²) in [5.74, 6) is -1.34. The molecule has 0 aliphatic heterocycles. The molecule has 0 fully saturated rings. The van der Waals surface area contributed by atoms with Crippen molar-refractivity contribution < 1.29 is 80.2 Å². The maximum absolute atomic E-state index is 13.1. The Morgan fingerprint density at radius 1 is 0.295 bits per heavy atom. The maximum Gasteiger partial charge on any atom is 0.472 e. The molecule has 0 amide bonds. The molecule has 0 radical (unpaired) electrons. The van der Waals surface area contributed by atoms with Crippen LogP contribution in [0.3, 0.4) is 0 Å². The molecule has 0 aliphatic rings. The minimum atomic E-state index is -4.97. The summed E-state index contributed by atoms with van der Waals surface area (Å²) in [6, 6.07) is 0. The molecule has 0 rings (SSSR count). The first kappa shape index (κ1) is 103. The number of aliphatic hydroxyl groups is 1. The number of hydrogen-bond donors (Lipinski definition) is 3. The molecule has 0 spiro atoms. The number of phosphoric ester groups is 2. The molecule has 19 heteroatoms. The summed E-state index contributed by atoms with van der Waals surface area (Å²) < 4.78 is 68.9. The zero-order chi connectivity index (χ0) is 76.9. The summed E-state index contributed by atoms with van der Waals surface area (Å²) in [7, 11) is -9.94. The second-order valence-corrected chi connectivity index (χ2v) is 33.6. The Labute approximate surface area is 643 Å². The number of allylic oxidation sites excluding steroid dienone is 4. The highest BCUT2D eigenvalue weighted by Crippen LogP contribution is 2.45. The van der Waals surface area contributed by atoms with E-state index in [1.807, 2.05) is 0 Å². The van der Waals surface area contributed by atoms with E-state index in [4.69, 9.17) is 37.0 Å². The fourth-order valence-electron chi connectivity index (χ4n) is 12.9. The summed E-state index contributed by atoms with van der Waals surface area (Å²) in [4.78, 5) is 73.2. The van der Waals surface area contributed by atoms with Crippen molar-refractivity contribution in [1.82, 2.24) is 0 Å². The predicted octanol–water partition coefficient (Wildman–Crippen LogP) is 25.9. The van der Waals surface area contributed by atoms with E-state index in [-0.39, 0.29) is 25.7 Å². The lowest BCUT2D eigenvalue weighted by Crippen LogP contribution is -2.30.